The van der Waals surface area contributed by atoms with Gasteiger partial charge < -0.3 is 19.8 Å². The number of benzene rings is 1. The molecule has 2 unspecified atom stereocenters. The number of ketones is 1. The van der Waals surface area contributed by atoms with Crippen molar-refractivity contribution in [1.82, 2.24) is 4.90 Å². The summed E-state index contributed by atoms with van der Waals surface area (Å²) in [4.78, 5) is 19.9. The summed E-state index contributed by atoms with van der Waals surface area (Å²) in [7, 11) is 0. The number of allylic oxidation sites excluding steroid dienone is 2. The second kappa shape index (κ2) is 15.9. The Bertz CT molecular complexity index is 1030. The van der Waals surface area contributed by atoms with Gasteiger partial charge in [0.1, 0.15) is 5.78 Å². The fraction of sp³-hybridized carbons (Fsp3) is 0.636. The van der Waals surface area contributed by atoms with Gasteiger partial charge in [-0.1, -0.05) is 72.3 Å². The van der Waals surface area contributed by atoms with Gasteiger partial charge in [0.2, 0.25) is 0 Å². The Morgan fingerprint density at radius 1 is 1.05 bits per heavy atom. The van der Waals surface area contributed by atoms with Crippen molar-refractivity contribution in [2.24, 2.45) is 16.8 Å². The van der Waals surface area contributed by atoms with Crippen LogP contribution in [0, 0.1) is 11.8 Å². The number of nitrogens with zero attached hydrogens (tertiary/aromatic N) is 2. The van der Waals surface area contributed by atoms with E-state index in [2.05, 4.69) is 43.7 Å². The first kappa shape index (κ1) is 30.9. The zero-order valence-corrected chi connectivity index (χ0v) is 24.6. The number of Topliss-reactive ketones (excluding diaryl/α,β-unsaturated/α-hetero) is 1. The predicted molar refractivity (Wildman–Crippen MR) is 159 cm³/mol. The third-order valence-corrected chi connectivity index (χ3v) is 7.93. The van der Waals surface area contributed by atoms with E-state index in [4.69, 9.17) is 4.74 Å². The molecule has 1 aromatic carbocycles. The molecule has 0 amide bonds. The molecule has 6 nitrogen and oxygen atoms in total. The third-order valence-electron chi connectivity index (χ3n) is 7.93. The van der Waals surface area contributed by atoms with Gasteiger partial charge in [0.15, 0.2) is 18.2 Å². The summed E-state index contributed by atoms with van der Waals surface area (Å²) < 4.78 is 6.11. The molecule has 0 spiro atoms. The number of aliphatic hydroxyl groups excluding tert-OH is 1. The quantitative estimate of drug-likeness (QED) is 0.180. The summed E-state index contributed by atoms with van der Waals surface area (Å²) in [6, 6.07) is 5.35. The van der Waals surface area contributed by atoms with E-state index in [0.29, 0.717) is 44.2 Å². The van der Waals surface area contributed by atoms with E-state index in [1.54, 1.807) is 6.07 Å². The van der Waals surface area contributed by atoms with Crippen LogP contribution in [0.25, 0.3) is 0 Å². The molecule has 2 aliphatic heterocycles. The number of hydrogen-bond acceptors (Lipinski definition) is 6. The van der Waals surface area contributed by atoms with E-state index < -0.39 is 6.10 Å². The van der Waals surface area contributed by atoms with Crippen molar-refractivity contribution in [2.45, 2.75) is 111 Å². The molecule has 2 heterocycles. The van der Waals surface area contributed by atoms with Crippen LogP contribution in [0.3, 0.4) is 0 Å². The molecule has 0 fully saturated rings. The predicted octanol–water partition coefficient (Wildman–Crippen LogP) is 7.34. The lowest BCUT2D eigenvalue weighted by atomic mass is 9.86. The van der Waals surface area contributed by atoms with E-state index in [-0.39, 0.29) is 17.5 Å². The lowest BCUT2D eigenvalue weighted by Crippen LogP contribution is -2.29. The number of carbonyl (C=O) groups excluding carboxylic acids is 1. The van der Waals surface area contributed by atoms with Crippen molar-refractivity contribution in [3.05, 3.63) is 47.3 Å². The van der Waals surface area contributed by atoms with E-state index in [1.807, 2.05) is 18.3 Å². The molecular formula is C33H50N2O4. The number of phenols is 1. The normalized spacial score (nSPS) is 16.2. The van der Waals surface area contributed by atoms with Gasteiger partial charge in [-0.05, 0) is 61.8 Å². The Hall–Kier alpha value is -2.60. The Morgan fingerprint density at radius 2 is 1.79 bits per heavy atom. The Balaban J connectivity index is 1.59. The first-order valence-corrected chi connectivity index (χ1v) is 15.2. The second-order valence-corrected chi connectivity index (χ2v) is 11.6. The molecule has 0 saturated carbocycles. The van der Waals surface area contributed by atoms with Crippen molar-refractivity contribution >= 4 is 11.5 Å². The van der Waals surface area contributed by atoms with Gasteiger partial charge in [-0.15, -0.1) is 0 Å². The van der Waals surface area contributed by atoms with Crippen LogP contribution < -0.4 is 4.74 Å². The fourth-order valence-corrected chi connectivity index (χ4v) is 5.46. The molecule has 0 aliphatic carbocycles. The average Bonchev–Trinajstić information content (AvgIpc) is 3.50. The number of aliphatic hydroxyl groups is 1. The highest BCUT2D eigenvalue weighted by atomic mass is 16.5. The maximum atomic E-state index is 13.2. The Kier molecular flexibility index (Phi) is 12.6. The molecule has 0 bridgehead atoms. The van der Waals surface area contributed by atoms with Crippen LogP contribution in [0.4, 0.5) is 0 Å². The van der Waals surface area contributed by atoms with E-state index in [1.165, 1.54) is 11.3 Å². The lowest BCUT2D eigenvalue weighted by Gasteiger charge is -2.24. The van der Waals surface area contributed by atoms with Crippen LogP contribution >= 0.6 is 0 Å². The van der Waals surface area contributed by atoms with Gasteiger partial charge in [0.05, 0.1) is 18.4 Å². The van der Waals surface area contributed by atoms with Gasteiger partial charge in [-0.2, -0.15) is 0 Å². The molecular weight excluding hydrogens is 488 g/mol. The molecule has 0 radical (unpaired) electrons. The molecule has 2 atom stereocenters. The Labute approximate surface area is 235 Å². The van der Waals surface area contributed by atoms with Crippen LogP contribution in [0.1, 0.15) is 104 Å². The van der Waals surface area contributed by atoms with Gasteiger partial charge in [-0.25, -0.2) is 0 Å². The van der Waals surface area contributed by atoms with Crippen LogP contribution in [0.2, 0.25) is 0 Å². The van der Waals surface area contributed by atoms with Gasteiger partial charge in [-0.3, -0.25) is 9.79 Å². The number of aromatic hydroxyl groups is 1. The summed E-state index contributed by atoms with van der Waals surface area (Å²) in [6.07, 6.45) is 14.2. The minimum atomic E-state index is -0.557. The average molecular weight is 539 g/mol. The topological polar surface area (TPSA) is 82.4 Å². The highest BCUT2D eigenvalue weighted by Crippen LogP contribution is 2.32. The molecule has 39 heavy (non-hydrogen) atoms. The van der Waals surface area contributed by atoms with E-state index in [9.17, 15) is 15.0 Å². The van der Waals surface area contributed by atoms with Crippen LogP contribution in [0.15, 0.2) is 46.7 Å². The summed E-state index contributed by atoms with van der Waals surface area (Å²) in [6.45, 7) is 9.82. The maximum absolute atomic E-state index is 13.2. The van der Waals surface area contributed by atoms with E-state index >= 15 is 0 Å². The number of rotatable bonds is 19. The largest absolute Gasteiger partial charge is 0.504 e. The van der Waals surface area contributed by atoms with Gasteiger partial charge in [0, 0.05) is 29.8 Å². The zero-order chi connectivity index (χ0) is 28.2. The van der Waals surface area contributed by atoms with Crippen molar-refractivity contribution in [2.75, 3.05) is 13.3 Å². The maximum Gasteiger partial charge on any atom is 0.163 e. The van der Waals surface area contributed by atoms with Crippen molar-refractivity contribution in [1.29, 1.82) is 0 Å². The summed E-state index contributed by atoms with van der Waals surface area (Å²) in [5.74, 6) is 0.998. The number of unbranched alkanes of at least 4 members (excludes halogenated alkanes) is 4. The first-order valence-electron chi connectivity index (χ1n) is 15.2. The molecule has 1 aromatic rings. The SMILES string of the molecule is CCCCCC(O)C(CCCCC)C(=O)CCc1ccc(O)c(OCN2CC3=NC=CC3=C2CCC(C)C)c1. The van der Waals surface area contributed by atoms with Gasteiger partial charge in [0.25, 0.3) is 0 Å². The molecule has 0 aromatic heterocycles. The zero-order valence-electron chi connectivity index (χ0n) is 24.6. The van der Waals surface area contributed by atoms with E-state index in [0.717, 1.165) is 69.1 Å². The Morgan fingerprint density at radius 3 is 2.51 bits per heavy atom. The molecule has 0 saturated heterocycles. The number of ether oxygens (including phenoxy) is 1. The second-order valence-electron chi connectivity index (χ2n) is 11.6. The highest BCUT2D eigenvalue weighted by molar-refractivity contribution is 6.08. The minimum absolute atomic E-state index is 0.0990. The first-order chi connectivity index (χ1) is 18.8. The minimum Gasteiger partial charge on any atom is -0.504 e. The molecule has 6 heteroatoms. The number of phenolic OH excluding ortho intramolecular Hbond substituents is 1. The monoisotopic (exact) mass is 538 g/mol. The summed E-state index contributed by atoms with van der Waals surface area (Å²) in [5.41, 5.74) is 4.50. The summed E-state index contributed by atoms with van der Waals surface area (Å²) >= 11 is 0. The van der Waals surface area contributed by atoms with Crippen molar-refractivity contribution in [3.8, 4) is 11.5 Å². The fourth-order valence-electron chi connectivity index (χ4n) is 5.46. The lowest BCUT2D eigenvalue weighted by molar-refractivity contribution is -0.126. The number of hydrogen-bond donors (Lipinski definition) is 2. The third kappa shape index (κ3) is 9.23. The van der Waals surface area contributed by atoms with Crippen molar-refractivity contribution in [3.63, 3.8) is 0 Å². The number of carbonyl (C=O) groups is 1. The number of aliphatic imine (C=N–C) groups is 1. The smallest absolute Gasteiger partial charge is 0.163 e. The van der Waals surface area contributed by atoms with Crippen LogP contribution in [-0.2, 0) is 11.2 Å². The van der Waals surface area contributed by atoms with Crippen molar-refractivity contribution < 1.29 is 19.7 Å². The summed E-state index contributed by atoms with van der Waals surface area (Å²) in [5, 5.41) is 21.3. The van der Waals surface area contributed by atoms with Crippen LogP contribution in [-0.4, -0.2) is 46.0 Å². The molecule has 216 valence electrons. The highest BCUT2D eigenvalue weighted by Gasteiger charge is 2.29. The van der Waals surface area contributed by atoms with Gasteiger partial charge >= 0.3 is 0 Å². The molecule has 2 N–H and O–H groups in total. The molecule has 2 aliphatic rings. The standard InChI is InChI=1S/C33H50N2O4/c1-5-7-9-11-27(30(36)12-10-8-6-2)31(37)17-14-25-15-18-32(38)33(21-25)39-23-35-22-28-26(19-20-34-28)29(35)16-13-24(3)4/h15,18-21,24,27,30,36,38H,5-14,16-17,22-23H2,1-4H3. The molecule has 3 rings (SSSR count). The van der Waals surface area contributed by atoms with Crippen LogP contribution in [0.5, 0.6) is 11.5 Å². The number of aryl methyl sites for hydroxylation is 1. The number of fused-ring (bicyclic) bond motifs is 1.